The molecule has 0 spiro atoms. The van der Waals surface area contributed by atoms with Crippen LogP contribution in [-0.4, -0.2) is 56.7 Å². The highest BCUT2D eigenvalue weighted by Crippen LogP contribution is 2.23. The van der Waals surface area contributed by atoms with E-state index in [1.54, 1.807) is 22.7 Å². The summed E-state index contributed by atoms with van der Waals surface area (Å²) in [7, 11) is 0. The number of rotatable bonds is 3. The second kappa shape index (κ2) is 7.75. The zero-order valence-corrected chi connectivity index (χ0v) is 17.3. The van der Waals surface area contributed by atoms with E-state index in [9.17, 15) is 9.90 Å². The van der Waals surface area contributed by atoms with Gasteiger partial charge in [0.05, 0.1) is 5.69 Å². The van der Waals surface area contributed by atoms with Crippen molar-refractivity contribution in [2.24, 2.45) is 0 Å². The van der Waals surface area contributed by atoms with E-state index < -0.39 is 0 Å². The van der Waals surface area contributed by atoms with E-state index in [1.165, 1.54) is 5.69 Å². The van der Waals surface area contributed by atoms with Gasteiger partial charge in [0, 0.05) is 49.2 Å². The van der Waals surface area contributed by atoms with Crippen molar-refractivity contribution in [2.45, 2.75) is 6.92 Å². The van der Waals surface area contributed by atoms with Crippen molar-refractivity contribution >= 4 is 17.2 Å². The molecule has 5 rings (SSSR count). The van der Waals surface area contributed by atoms with Crippen LogP contribution in [0, 0.1) is 6.92 Å². The first kappa shape index (κ1) is 19.1. The second-order valence-corrected chi connectivity index (χ2v) is 7.74. The Balaban J connectivity index is 1.36. The number of benzene rings is 2. The number of carbonyl (C=O) groups excluding carboxylic acids is 1. The molecule has 2 aromatic carbocycles. The van der Waals surface area contributed by atoms with Crippen molar-refractivity contribution in [3.8, 4) is 17.0 Å². The predicted octanol–water partition coefficient (Wildman–Crippen LogP) is 3.37. The molecule has 0 saturated carbocycles. The number of nitrogens with zero attached hydrogens (tertiary/aromatic N) is 5. The van der Waals surface area contributed by atoms with Crippen LogP contribution in [0.3, 0.4) is 0 Å². The van der Waals surface area contributed by atoms with Gasteiger partial charge in [-0.2, -0.15) is 5.10 Å². The first-order valence-electron chi connectivity index (χ1n) is 10.3. The summed E-state index contributed by atoms with van der Waals surface area (Å²) >= 11 is 0. The van der Waals surface area contributed by atoms with Crippen LogP contribution in [0.15, 0.2) is 66.7 Å². The number of aromatic nitrogens is 3. The fourth-order valence-electron chi connectivity index (χ4n) is 3.98. The van der Waals surface area contributed by atoms with Crippen molar-refractivity contribution in [3.05, 3.63) is 78.1 Å². The first-order valence-corrected chi connectivity index (χ1v) is 10.3. The lowest BCUT2D eigenvalue weighted by Crippen LogP contribution is -2.48. The molecule has 0 atom stereocenters. The van der Waals surface area contributed by atoms with Gasteiger partial charge in [0.25, 0.3) is 5.91 Å². The van der Waals surface area contributed by atoms with Gasteiger partial charge >= 0.3 is 0 Å². The molecule has 31 heavy (non-hydrogen) atoms. The van der Waals surface area contributed by atoms with Gasteiger partial charge in [-0.1, -0.05) is 18.2 Å². The molecule has 1 amide bonds. The minimum atomic E-state index is -0.0659. The molecule has 0 unspecified atom stereocenters. The highest BCUT2D eigenvalue weighted by Gasteiger charge is 2.24. The summed E-state index contributed by atoms with van der Waals surface area (Å²) in [6, 6.07) is 20.9. The maximum atomic E-state index is 13.1. The lowest BCUT2D eigenvalue weighted by molar-refractivity contribution is 0.0740. The number of piperazine rings is 1. The lowest BCUT2D eigenvalue weighted by atomic mass is 10.1. The van der Waals surface area contributed by atoms with Gasteiger partial charge in [0.2, 0.25) is 0 Å². The average molecular weight is 413 g/mol. The lowest BCUT2D eigenvalue weighted by Gasteiger charge is -2.35. The van der Waals surface area contributed by atoms with Gasteiger partial charge in [-0.3, -0.25) is 4.79 Å². The topological polar surface area (TPSA) is 74.0 Å². The maximum Gasteiger partial charge on any atom is 0.274 e. The molecule has 0 bridgehead atoms. The molecule has 1 aliphatic rings. The van der Waals surface area contributed by atoms with Crippen LogP contribution in [0.2, 0.25) is 0 Å². The Morgan fingerprint density at radius 3 is 2.35 bits per heavy atom. The smallest absolute Gasteiger partial charge is 0.274 e. The SMILES string of the molecule is Cc1cc(-c2ccc(O)cc2)nc2cc(C(=O)N3CCN(c4ccccc4)CC3)nn12. The fraction of sp³-hybridized carbons (Fsp3) is 0.208. The van der Waals surface area contributed by atoms with Gasteiger partial charge in [-0.05, 0) is 49.4 Å². The average Bonchev–Trinajstić information content (AvgIpc) is 3.25. The summed E-state index contributed by atoms with van der Waals surface area (Å²) in [5.41, 5.74) is 4.79. The molecule has 2 aromatic heterocycles. The number of anilines is 1. The van der Waals surface area contributed by atoms with E-state index >= 15 is 0 Å². The summed E-state index contributed by atoms with van der Waals surface area (Å²) in [5.74, 6) is 0.148. The zero-order chi connectivity index (χ0) is 21.4. The Bertz CT molecular complexity index is 1230. The molecule has 0 aliphatic carbocycles. The van der Waals surface area contributed by atoms with Crippen LogP contribution < -0.4 is 4.90 Å². The number of hydrogen-bond acceptors (Lipinski definition) is 5. The highest BCUT2D eigenvalue weighted by molar-refractivity contribution is 5.93. The summed E-state index contributed by atoms with van der Waals surface area (Å²) in [5, 5.41) is 14.0. The molecule has 1 aliphatic heterocycles. The number of aryl methyl sites for hydroxylation is 1. The molecule has 1 N–H and O–H groups in total. The normalized spacial score (nSPS) is 14.2. The second-order valence-electron chi connectivity index (χ2n) is 7.74. The predicted molar refractivity (Wildman–Crippen MR) is 119 cm³/mol. The van der Waals surface area contributed by atoms with Gasteiger partial charge in [-0.15, -0.1) is 0 Å². The van der Waals surface area contributed by atoms with Gasteiger partial charge in [0.15, 0.2) is 11.3 Å². The molecule has 4 aromatic rings. The van der Waals surface area contributed by atoms with Crippen LogP contribution in [0.1, 0.15) is 16.2 Å². The monoisotopic (exact) mass is 413 g/mol. The summed E-state index contributed by atoms with van der Waals surface area (Å²) in [6.07, 6.45) is 0. The van der Waals surface area contributed by atoms with E-state index in [-0.39, 0.29) is 11.7 Å². The van der Waals surface area contributed by atoms with Gasteiger partial charge in [0.1, 0.15) is 5.75 Å². The number of phenols is 1. The van der Waals surface area contributed by atoms with E-state index in [0.717, 1.165) is 30.0 Å². The zero-order valence-electron chi connectivity index (χ0n) is 17.3. The first-order chi connectivity index (χ1) is 15.1. The third-order valence-corrected chi connectivity index (χ3v) is 5.68. The Hall–Kier alpha value is -3.87. The van der Waals surface area contributed by atoms with Crippen molar-refractivity contribution in [2.75, 3.05) is 31.1 Å². The Morgan fingerprint density at radius 2 is 1.65 bits per heavy atom. The molecule has 7 nitrogen and oxygen atoms in total. The molecule has 156 valence electrons. The van der Waals surface area contributed by atoms with Crippen molar-refractivity contribution in [3.63, 3.8) is 0 Å². The van der Waals surface area contributed by atoms with Crippen molar-refractivity contribution < 1.29 is 9.90 Å². The Kier molecular flexibility index (Phi) is 4.78. The van der Waals surface area contributed by atoms with Crippen LogP contribution in [0.25, 0.3) is 16.9 Å². The molecule has 7 heteroatoms. The third-order valence-electron chi connectivity index (χ3n) is 5.68. The number of para-hydroxylation sites is 1. The largest absolute Gasteiger partial charge is 0.508 e. The number of hydrogen-bond donors (Lipinski definition) is 1. The number of fused-ring (bicyclic) bond motifs is 1. The number of phenolic OH excluding ortho intramolecular Hbond substituents is 1. The maximum absolute atomic E-state index is 13.1. The van der Waals surface area contributed by atoms with E-state index in [1.807, 2.05) is 48.2 Å². The van der Waals surface area contributed by atoms with Crippen LogP contribution in [0.5, 0.6) is 5.75 Å². The van der Waals surface area contributed by atoms with E-state index in [0.29, 0.717) is 24.4 Å². The Labute approximate surface area is 180 Å². The molecular formula is C24H23N5O2. The van der Waals surface area contributed by atoms with E-state index in [4.69, 9.17) is 0 Å². The minimum absolute atomic E-state index is 0.0659. The van der Waals surface area contributed by atoms with Crippen LogP contribution in [-0.2, 0) is 0 Å². The highest BCUT2D eigenvalue weighted by atomic mass is 16.3. The number of amides is 1. The van der Waals surface area contributed by atoms with Gasteiger partial charge < -0.3 is 14.9 Å². The Morgan fingerprint density at radius 1 is 0.935 bits per heavy atom. The minimum Gasteiger partial charge on any atom is -0.508 e. The summed E-state index contributed by atoms with van der Waals surface area (Å²) in [4.78, 5) is 21.9. The van der Waals surface area contributed by atoms with Crippen LogP contribution >= 0.6 is 0 Å². The standard InChI is InChI=1S/C24H23N5O2/c1-17-15-21(18-7-9-20(30)10-8-18)25-23-16-22(26-29(17)23)24(31)28-13-11-27(12-14-28)19-5-3-2-4-6-19/h2-10,15-16,30H,11-14H2,1H3. The quantitative estimate of drug-likeness (QED) is 0.557. The summed E-state index contributed by atoms with van der Waals surface area (Å²) < 4.78 is 1.71. The van der Waals surface area contributed by atoms with Crippen molar-refractivity contribution in [1.29, 1.82) is 0 Å². The molecule has 0 radical (unpaired) electrons. The van der Waals surface area contributed by atoms with E-state index in [2.05, 4.69) is 27.1 Å². The molecular weight excluding hydrogens is 390 g/mol. The molecule has 1 fully saturated rings. The molecule has 1 saturated heterocycles. The summed E-state index contributed by atoms with van der Waals surface area (Å²) in [6.45, 7) is 4.86. The third kappa shape index (κ3) is 3.70. The number of carbonyl (C=O) groups is 1. The molecule has 3 heterocycles. The fourth-order valence-corrected chi connectivity index (χ4v) is 3.98. The van der Waals surface area contributed by atoms with Crippen LogP contribution in [0.4, 0.5) is 5.69 Å². The number of aromatic hydroxyl groups is 1. The van der Waals surface area contributed by atoms with Gasteiger partial charge in [-0.25, -0.2) is 9.50 Å². The van der Waals surface area contributed by atoms with Crippen molar-refractivity contribution in [1.82, 2.24) is 19.5 Å².